The summed E-state index contributed by atoms with van der Waals surface area (Å²) in [6, 6.07) is 3.22. The fraction of sp³-hybridized carbons (Fsp3) is 0.500. The number of hydrogen-bond donors (Lipinski definition) is 1. The molecule has 1 N–H and O–H groups in total. The smallest absolute Gasteiger partial charge is 0.153 e. The Bertz CT molecular complexity index is 459. The van der Waals surface area contributed by atoms with Gasteiger partial charge >= 0.3 is 0 Å². The Hall–Kier alpha value is -1.51. The van der Waals surface area contributed by atoms with Gasteiger partial charge < -0.3 is 9.84 Å². The molecule has 3 nitrogen and oxygen atoms in total. The van der Waals surface area contributed by atoms with Crippen LogP contribution in [0.4, 0.5) is 0 Å². The molecule has 1 aliphatic carbocycles. The predicted molar refractivity (Wildman–Crippen MR) is 63.6 cm³/mol. The van der Waals surface area contributed by atoms with Crippen molar-refractivity contribution in [3.63, 3.8) is 0 Å². The number of hydrogen-bond acceptors (Lipinski definition) is 3. The largest absolute Gasteiger partial charge is 0.508 e. The lowest BCUT2D eigenvalue weighted by molar-refractivity contribution is 0.0522. The normalized spacial score (nSPS) is 20.9. The quantitative estimate of drug-likeness (QED) is 0.757. The zero-order valence-electron chi connectivity index (χ0n) is 9.74. The average Bonchev–Trinajstić information content (AvgIpc) is 2.71. The lowest BCUT2D eigenvalue weighted by atomic mass is 9.82. The second-order valence-electron chi connectivity index (χ2n) is 5.12. The van der Waals surface area contributed by atoms with Crippen LogP contribution in [0.2, 0.25) is 0 Å². The zero-order chi connectivity index (χ0) is 11.9. The van der Waals surface area contributed by atoms with E-state index in [-0.39, 0.29) is 11.4 Å². The lowest BCUT2D eigenvalue weighted by Gasteiger charge is -2.32. The highest BCUT2D eigenvalue weighted by Crippen LogP contribution is 2.47. The molecular formula is C14H16O3. The van der Waals surface area contributed by atoms with Crippen molar-refractivity contribution in [1.82, 2.24) is 0 Å². The molecule has 90 valence electrons. The van der Waals surface area contributed by atoms with Gasteiger partial charge in [-0.25, -0.2) is 0 Å². The highest BCUT2D eigenvalue weighted by atomic mass is 16.5. The number of carbonyl (C=O) groups is 1. The maximum absolute atomic E-state index is 11.0. The summed E-state index contributed by atoms with van der Waals surface area (Å²) in [7, 11) is 0. The van der Waals surface area contributed by atoms with Crippen LogP contribution in [0.5, 0.6) is 11.5 Å². The Balaban J connectivity index is 2.01. The fourth-order valence-corrected chi connectivity index (χ4v) is 3.07. The molecule has 0 atom stereocenters. The molecule has 0 amide bonds. The van der Waals surface area contributed by atoms with Crippen LogP contribution < -0.4 is 4.74 Å². The topological polar surface area (TPSA) is 46.5 Å². The van der Waals surface area contributed by atoms with Gasteiger partial charge in [-0.2, -0.15) is 0 Å². The third-order valence-electron chi connectivity index (χ3n) is 3.98. The van der Waals surface area contributed by atoms with Gasteiger partial charge in [0.1, 0.15) is 17.1 Å². The van der Waals surface area contributed by atoms with Crippen molar-refractivity contribution in [3.05, 3.63) is 23.3 Å². The molecule has 1 heterocycles. The van der Waals surface area contributed by atoms with Crippen molar-refractivity contribution in [2.45, 2.75) is 44.1 Å². The lowest BCUT2D eigenvalue weighted by Crippen LogP contribution is -2.36. The summed E-state index contributed by atoms with van der Waals surface area (Å²) in [5, 5.41) is 9.87. The molecule has 0 unspecified atom stereocenters. The SMILES string of the molecule is O=Cc1ccc(O)c2c1OC1(CCCCC1)C2. The molecule has 2 aliphatic rings. The van der Waals surface area contributed by atoms with Crippen molar-refractivity contribution in [3.8, 4) is 11.5 Å². The molecule has 0 saturated heterocycles. The van der Waals surface area contributed by atoms with Gasteiger partial charge in [0.25, 0.3) is 0 Å². The van der Waals surface area contributed by atoms with Gasteiger partial charge in [0.05, 0.1) is 5.56 Å². The van der Waals surface area contributed by atoms with E-state index in [1.165, 1.54) is 19.3 Å². The first-order valence-electron chi connectivity index (χ1n) is 6.23. The molecule has 1 fully saturated rings. The number of fused-ring (bicyclic) bond motifs is 1. The monoisotopic (exact) mass is 232 g/mol. The van der Waals surface area contributed by atoms with Gasteiger partial charge in [0.2, 0.25) is 0 Å². The van der Waals surface area contributed by atoms with Crippen molar-refractivity contribution < 1.29 is 14.6 Å². The van der Waals surface area contributed by atoms with E-state index in [4.69, 9.17) is 4.74 Å². The van der Waals surface area contributed by atoms with Crippen LogP contribution in [0.25, 0.3) is 0 Å². The van der Waals surface area contributed by atoms with Gasteiger partial charge in [-0.15, -0.1) is 0 Å². The minimum Gasteiger partial charge on any atom is -0.508 e. The molecule has 1 aromatic carbocycles. The van der Waals surface area contributed by atoms with Crippen LogP contribution in [0, 0.1) is 0 Å². The van der Waals surface area contributed by atoms with E-state index in [0.29, 0.717) is 11.3 Å². The Kier molecular flexibility index (Phi) is 2.35. The number of aromatic hydroxyl groups is 1. The van der Waals surface area contributed by atoms with Crippen molar-refractivity contribution in [1.29, 1.82) is 0 Å². The highest BCUT2D eigenvalue weighted by Gasteiger charge is 2.42. The average molecular weight is 232 g/mol. The number of phenols is 1. The van der Waals surface area contributed by atoms with Gasteiger partial charge in [-0.05, 0) is 37.8 Å². The first-order valence-corrected chi connectivity index (χ1v) is 6.23. The minimum atomic E-state index is -0.156. The summed E-state index contributed by atoms with van der Waals surface area (Å²) in [6.07, 6.45) is 7.21. The number of carbonyl (C=O) groups excluding carboxylic acids is 1. The van der Waals surface area contributed by atoms with E-state index in [0.717, 1.165) is 31.1 Å². The van der Waals surface area contributed by atoms with Crippen LogP contribution >= 0.6 is 0 Å². The summed E-state index contributed by atoms with van der Waals surface area (Å²) in [5.74, 6) is 0.870. The molecule has 1 spiro atoms. The van der Waals surface area contributed by atoms with E-state index in [1.807, 2.05) is 0 Å². The van der Waals surface area contributed by atoms with Crippen LogP contribution in [-0.4, -0.2) is 17.0 Å². The zero-order valence-corrected chi connectivity index (χ0v) is 9.74. The second kappa shape index (κ2) is 3.76. The number of benzene rings is 1. The number of ether oxygens (including phenoxy) is 1. The van der Waals surface area contributed by atoms with Crippen LogP contribution in [0.15, 0.2) is 12.1 Å². The van der Waals surface area contributed by atoms with Crippen molar-refractivity contribution in [2.24, 2.45) is 0 Å². The number of phenolic OH excluding ortho intramolecular Hbond substituents is 1. The summed E-state index contributed by atoms with van der Waals surface area (Å²) in [6.45, 7) is 0. The Morgan fingerprint density at radius 1 is 1.24 bits per heavy atom. The molecule has 1 aliphatic heterocycles. The van der Waals surface area contributed by atoms with Gasteiger partial charge in [0.15, 0.2) is 6.29 Å². The third-order valence-corrected chi connectivity index (χ3v) is 3.98. The molecule has 0 bridgehead atoms. The summed E-state index contributed by atoms with van der Waals surface area (Å²) < 4.78 is 6.05. The molecule has 17 heavy (non-hydrogen) atoms. The summed E-state index contributed by atoms with van der Waals surface area (Å²) in [5.41, 5.74) is 1.22. The van der Waals surface area contributed by atoms with E-state index in [9.17, 15) is 9.90 Å². The minimum absolute atomic E-state index is 0.156. The second-order valence-corrected chi connectivity index (χ2v) is 5.12. The molecular weight excluding hydrogens is 216 g/mol. The first-order chi connectivity index (χ1) is 8.24. The molecule has 1 saturated carbocycles. The number of rotatable bonds is 1. The Morgan fingerprint density at radius 3 is 2.71 bits per heavy atom. The van der Waals surface area contributed by atoms with Crippen molar-refractivity contribution in [2.75, 3.05) is 0 Å². The standard InChI is InChI=1S/C14H16O3/c15-9-10-4-5-12(16)11-8-14(17-13(10)11)6-2-1-3-7-14/h4-5,9,16H,1-3,6-8H2. The van der Waals surface area contributed by atoms with E-state index < -0.39 is 0 Å². The maximum Gasteiger partial charge on any atom is 0.153 e. The fourth-order valence-electron chi connectivity index (χ4n) is 3.07. The maximum atomic E-state index is 11.0. The van der Waals surface area contributed by atoms with Gasteiger partial charge in [0, 0.05) is 12.0 Å². The molecule has 0 radical (unpaired) electrons. The molecule has 3 rings (SSSR count). The summed E-state index contributed by atoms with van der Waals surface area (Å²) >= 11 is 0. The third kappa shape index (κ3) is 1.61. The van der Waals surface area contributed by atoms with Crippen molar-refractivity contribution >= 4 is 6.29 Å². The Morgan fingerprint density at radius 2 is 2.00 bits per heavy atom. The van der Waals surface area contributed by atoms with Crippen LogP contribution in [0.3, 0.4) is 0 Å². The van der Waals surface area contributed by atoms with E-state index >= 15 is 0 Å². The highest BCUT2D eigenvalue weighted by molar-refractivity contribution is 5.81. The van der Waals surface area contributed by atoms with Gasteiger partial charge in [-0.3, -0.25) is 4.79 Å². The molecule has 1 aromatic rings. The van der Waals surface area contributed by atoms with Crippen LogP contribution in [-0.2, 0) is 6.42 Å². The Labute approximate surface area is 100 Å². The van der Waals surface area contributed by atoms with Crippen LogP contribution in [0.1, 0.15) is 48.0 Å². The van der Waals surface area contributed by atoms with Gasteiger partial charge in [-0.1, -0.05) is 6.42 Å². The summed E-state index contributed by atoms with van der Waals surface area (Å²) in [4.78, 5) is 11.0. The molecule has 0 aromatic heterocycles. The molecule has 3 heteroatoms. The van der Waals surface area contributed by atoms with E-state index in [1.54, 1.807) is 12.1 Å². The number of aldehydes is 1. The predicted octanol–water partition coefficient (Wildman–Crippen LogP) is 2.84. The first kappa shape index (κ1) is 10.6. The van der Waals surface area contributed by atoms with E-state index in [2.05, 4.69) is 0 Å².